The molecule has 9 unspecified atom stereocenters. The molecule has 9 N–H and O–H groups in total. The maximum atomic E-state index is 14.0. The van der Waals surface area contributed by atoms with Gasteiger partial charge in [-0.3, -0.25) is 4.79 Å². The van der Waals surface area contributed by atoms with Crippen LogP contribution in [0.25, 0.3) is 0 Å². The molecule has 61 heavy (non-hydrogen) atoms. The van der Waals surface area contributed by atoms with Crippen molar-refractivity contribution in [3.8, 4) is 0 Å². The zero-order valence-electron chi connectivity index (χ0n) is 36.4. The number of carbonyl (C=O) groups is 2. The van der Waals surface area contributed by atoms with E-state index >= 15 is 0 Å². The van der Waals surface area contributed by atoms with Crippen LogP contribution < -0.4 is 11.1 Å². The molecule has 0 radical (unpaired) electrons. The highest BCUT2D eigenvalue weighted by Crippen LogP contribution is 2.69. The fraction of sp³-hybridized carbons (Fsp3) is 0.783. The Balaban J connectivity index is 1.04. The summed E-state index contributed by atoms with van der Waals surface area (Å²) in [6.07, 6.45) is -5.65. The van der Waals surface area contributed by atoms with E-state index < -0.39 is 78.3 Å². The molecule has 17 atom stereocenters. The average molecular weight is 859 g/mol. The van der Waals surface area contributed by atoms with Gasteiger partial charge in [0.05, 0.1) is 25.4 Å². The largest absolute Gasteiger partial charge is 0.441 e. The van der Waals surface area contributed by atoms with Gasteiger partial charge in [0, 0.05) is 30.8 Å². The molecule has 2 aliphatic heterocycles. The molecule has 15 heteroatoms. The van der Waals surface area contributed by atoms with Gasteiger partial charge in [0.25, 0.3) is 0 Å². The van der Waals surface area contributed by atoms with E-state index in [-0.39, 0.29) is 48.9 Å². The van der Waals surface area contributed by atoms with Crippen LogP contribution in [0.3, 0.4) is 0 Å². The maximum absolute atomic E-state index is 14.0. The van der Waals surface area contributed by atoms with E-state index in [1.807, 2.05) is 24.3 Å². The Kier molecular flexibility index (Phi) is 14.1. The number of fused-ring (bicyclic) bond motifs is 5. The highest BCUT2D eigenvalue weighted by Gasteiger charge is 2.70. The number of nitrogens with one attached hydrogen (secondary N) is 1. The number of carbonyl (C=O) groups excluding carboxylic acids is 2. The number of aliphatic hydroxyl groups excluding tert-OH is 5. The normalized spacial score (nSPS) is 42.8. The summed E-state index contributed by atoms with van der Waals surface area (Å²) in [5.74, 6) is -0.00522. The number of hydrogen-bond donors (Lipinski definition) is 8. The fourth-order valence-electron chi connectivity index (χ4n) is 12.0. The number of hydrogen-bond acceptors (Lipinski definition) is 14. The summed E-state index contributed by atoms with van der Waals surface area (Å²) in [7, 11) is 0. The first-order valence-corrected chi connectivity index (χ1v) is 22.5. The van der Waals surface area contributed by atoms with E-state index in [1.165, 1.54) is 5.57 Å². The second-order valence-electron chi connectivity index (χ2n) is 19.8. The molecule has 3 saturated carbocycles. The van der Waals surface area contributed by atoms with E-state index in [9.17, 15) is 40.2 Å². The maximum Gasteiger partial charge on any atom is 0.407 e. The van der Waals surface area contributed by atoms with E-state index in [4.69, 9.17) is 29.4 Å². The molecule has 6 aliphatic rings. The minimum atomic E-state index is -1.73. The number of allylic oxidation sites excluding steroid dienone is 1. The second kappa shape index (κ2) is 18.5. The van der Waals surface area contributed by atoms with E-state index in [1.54, 1.807) is 6.92 Å². The Hall–Kier alpha value is -2.54. The number of aliphatic hydroxyl groups is 6. The molecule has 0 aromatic heterocycles. The Bertz CT molecular complexity index is 1730. The number of Topliss-reactive ketones (excluding diaryl/α,β-unsaturated/α-hetero) is 1. The number of alkyl carbamates (subject to hydrolysis) is 1. The third-order valence-corrected chi connectivity index (χ3v) is 15.9. The zero-order chi connectivity index (χ0) is 44.0. The van der Waals surface area contributed by atoms with Crippen LogP contribution >= 0.6 is 0 Å². The third kappa shape index (κ3) is 8.83. The molecule has 1 aromatic rings. The van der Waals surface area contributed by atoms with Gasteiger partial charge in [-0.15, -0.1) is 0 Å². The van der Waals surface area contributed by atoms with Crippen LogP contribution in [-0.4, -0.2) is 123 Å². The number of nitrogens with two attached hydrogens (primary N) is 1. The first-order chi connectivity index (χ1) is 28.9. The van der Waals surface area contributed by atoms with Gasteiger partial charge in [-0.2, -0.15) is 0 Å². The van der Waals surface area contributed by atoms with Crippen LogP contribution in [0.4, 0.5) is 4.79 Å². The van der Waals surface area contributed by atoms with Crippen molar-refractivity contribution in [1.29, 1.82) is 0 Å². The van der Waals surface area contributed by atoms with Gasteiger partial charge in [-0.05, 0) is 91.6 Å². The number of ether oxygens (including phenoxy) is 5. The number of benzene rings is 1. The highest BCUT2D eigenvalue weighted by atomic mass is 16.7. The molecule has 5 fully saturated rings. The summed E-state index contributed by atoms with van der Waals surface area (Å²) >= 11 is 0. The van der Waals surface area contributed by atoms with Crippen molar-refractivity contribution < 1.29 is 63.9 Å². The topological polar surface area (TPSA) is 240 Å². The lowest BCUT2D eigenvalue weighted by molar-refractivity contribution is -0.344. The van der Waals surface area contributed by atoms with Crippen LogP contribution in [0.15, 0.2) is 35.9 Å². The van der Waals surface area contributed by atoms with Gasteiger partial charge in [-0.25, -0.2) is 4.79 Å². The lowest BCUT2D eigenvalue weighted by Gasteiger charge is -2.59. The molecule has 0 bridgehead atoms. The van der Waals surface area contributed by atoms with Crippen molar-refractivity contribution in [2.75, 3.05) is 13.2 Å². The quantitative estimate of drug-likeness (QED) is 0.133. The number of rotatable bonds is 13. The molecular formula is C46H70N2O13. The van der Waals surface area contributed by atoms with E-state index in [0.717, 1.165) is 36.8 Å². The standard InChI is InChI=1S/C46H70N2O13/c1-24(2)6-13-33(50)25(3)46(56)36(19-32-30-12-11-28-18-29(49)14-16-44(28,4)31(30)15-17-45(32,46)5)60-42-39(54)40(34(51)22-57-42)61-41-38(53)37(52)35(23-58-41)59-43(55)48-21-27-9-7-26(20-47)8-10-27/h7-11,24-25,29-32,34-42,49,51-54,56H,6,12-23,47H2,1-5H3,(H,48,55)/t25-,29+,30-,31?,32+,34?,35?,36+,37?,38?,39?,40?,41?,42?,44+,45+,46-/m1/s1. The molecule has 2 saturated heterocycles. The van der Waals surface area contributed by atoms with Gasteiger partial charge < -0.3 is 65.4 Å². The number of ketones is 1. The van der Waals surface area contributed by atoms with Gasteiger partial charge in [-0.1, -0.05) is 70.5 Å². The molecule has 4 aliphatic carbocycles. The Morgan fingerprint density at radius 2 is 1.59 bits per heavy atom. The van der Waals surface area contributed by atoms with Crippen LogP contribution in [0, 0.1) is 40.4 Å². The van der Waals surface area contributed by atoms with Crippen molar-refractivity contribution in [3.05, 3.63) is 47.0 Å². The predicted octanol–water partition coefficient (Wildman–Crippen LogP) is 2.97. The Morgan fingerprint density at radius 1 is 0.902 bits per heavy atom. The summed E-state index contributed by atoms with van der Waals surface area (Å²) in [6, 6.07) is 7.33. The van der Waals surface area contributed by atoms with Crippen LogP contribution in [0.2, 0.25) is 0 Å². The minimum Gasteiger partial charge on any atom is -0.441 e. The smallest absolute Gasteiger partial charge is 0.407 e. The van der Waals surface area contributed by atoms with Gasteiger partial charge in [0.15, 0.2) is 18.7 Å². The van der Waals surface area contributed by atoms with Gasteiger partial charge in [0.2, 0.25) is 0 Å². The monoisotopic (exact) mass is 858 g/mol. The number of amides is 1. The van der Waals surface area contributed by atoms with Crippen molar-refractivity contribution in [2.24, 2.45) is 46.2 Å². The molecule has 0 spiro atoms. The van der Waals surface area contributed by atoms with E-state index in [2.05, 4.69) is 39.1 Å². The molecule has 15 nitrogen and oxygen atoms in total. The molecule has 1 amide bonds. The molecule has 1 aromatic carbocycles. The minimum absolute atomic E-state index is 0.0196. The Labute approximate surface area is 359 Å². The zero-order valence-corrected chi connectivity index (χ0v) is 36.4. The van der Waals surface area contributed by atoms with Crippen molar-refractivity contribution in [3.63, 3.8) is 0 Å². The summed E-state index contributed by atoms with van der Waals surface area (Å²) in [5.41, 5.74) is 6.33. The summed E-state index contributed by atoms with van der Waals surface area (Å²) < 4.78 is 29.6. The molecular weight excluding hydrogens is 789 g/mol. The lowest BCUT2D eigenvalue weighted by atomic mass is 9.46. The van der Waals surface area contributed by atoms with E-state index in [0.29, 0.717) is 50.5 Å². The van der Waals surface area contributed by atoms with Gasteiger partial charge >= 0.3 is 6.09 Å². The fourth-order valence-corrected chi connectivity index (χ4v) is 12.0. The Morgan fingerprint density at radius 3 is 2.30 bits per heavy atom. The second-order valence-corrected chi connectivity index (χ2v) is 19.8. The first-order valence-electron chi connectivity index (χ1n) is 22.5. The first kappa shape index (κ1) is 46.5. The van der Waals surface area contributed by atoms with Crippen LogP contribution in [0.1, 0.15) is 104 Å². The lowest BCUT2D eigenvalue weighted by Crippen LogP contribution is -2.63. The molecule has 2 heterocycles. The molecule has 7 rings (SSSR count). The van der Waals surface area contributed by atoms with Crippen molar-refractivity contribution >= 4 is 11.9 Å². The van der Waals surface area contributed by atoms with Crippen molar-refractivity contribution in [2.45, 2.75) is 173 Å². The SMILES string of the molecule is CC(C)CCC(=O)[C@@H](C)[C@@]1(O)[C@@H](OC2OCC(O)C(OC3OCC(OC(=O)NCc4ccc(CN)cc4)C(O)C3O)C2O)C[C@H]2[C@@H]3CC=C4C[C@@H](O)CC[C@]4(C)C3CC[C@@]21C. The predicted molar refractivity (Wildman–Crippen MR) is 221 cm³/mol. The molecule has 342 valence electrons. The van der Waals surface area contributed by atoms with Crippen molar-refractivity contribution in [1.82, 2.24) is 5.32 Å². The van der Waals surface area contributed by atoms with Gasteiger partial charge in [0.1, 0.15) is 41.9 Å². The summed E-state index contributed by atoms with van der Waals surface area (Å²) in [6.45, 7) is 10.2. The summed E-state index contributed by atoms with van der Waals surface area (Å²) in [4.78, 5) is 26.6. The third-order valence-electron chi connectivity index (χ3n) is 15.9. The highest BCUT2D eigenvalue weighted by molar-refractivity contribution is 5.82. The summed E-state index contributed by atoms with van der Waals surface area (Å²) in [5, 5.41) is 71.2. The van der Waals surface area contributed by atoms with Crippen LogP contribution in [-0.2, 0) is 41.6 Å². The average Bonchev–Trinajstić information content (AvgIpc) is 3.47. The van der Waals surface area contributed by atoms with Crippen LogP contribution in [0.5, 0.6) is 0 Å².